The number of imide groups is 1. The molecule has 8 nitrogen and oxygen atoms in total. The van der Waals surface area contributed by atoms with Crippen LogP contribution in [0.2, 0.25) is 15.1 Å². The van der Waals surface area contributed by atoms with Crippen molar-refractivity contribution in [3.05, 3.63) is 79.8 Å². The van der Waals surface area contributed by atoms with E-state index in [0.717, 1.165) is 4.90 Å². The molecule has 3 aromatic rings. The van der Waals surface area contributed by atoms with E-state index >= 15 is 0 Å². The minimum atomic E-state index is -0.645. The molecule has 0 bridgehead atoms. The predicted octanol–water partition coefficient (Wildman–Crippen LogP) is 7.15. The normalized spacial score (nSPS) is 14.3. The number of thioether (sulfide) groups is 1. The van der Waals surface area contributed by atoms with Crippen molar-refractivity contribution in [1.82, 2.24) is 4.90 Å². The number of anilines is 1. The van der Waals surface area contributed by atoms with Crippen molar-refractivity contribution in [2.75, 3.05) is 18.5 Å². The van der Waals surface area contributed by atoms with Crippen LogP contribution in [0.15, 0.2) is 57.9 Å². The van der Waals surface area contributed by atoms with Crippen molar-refractivity contribution in [2.45, 2.75) is 13.3 Å². The molecule has 1 N–H and O–H groups in total. The van der Waals surface area contributed by atoms with Crippen molar-refractivity contribution in [3.8, 4) is 11.3 Å². The van der Waals surface area contributed by atoms with Crippen molar-refractivity contribution in [3.63, 3.8) is 0 Å². The number of halogens is 3. The summed E-state index contributed by atoms with van der Waals surface area (Å²) in [5.41, 5.74) is 0.921. The quantitative estimate of drug-likeness (QED) is 0.218. The van der Waals surface area contributed by atoms with Crippen LogP contribution in [0.1, 0.15) is 29.5 Å². The molecule has 12 heteroatoms. The summed E-state index contributed by atoms with van der Waals surface area (Å²) in [4.78, 5) is 51.0. The van der Waals surface area contributed by atoms with Crippen LogP contribution in [-0.2, 0) is 14.3 Å². The number of hydrogen-bond acceptors (Lipinski definition) is 7. The third kappa shape index (κ3) is 6.42. The van der Waals surface area contributed by atoms with Crippen LogP contribution in [0.5, 0.6) is 0 Å². The maximum Gasteiger partial charge on any atom is 0.339 e. The molecule has 1 aromatic heterocycles. The smallest absolute Gasteiger partial charge is 0.339 e. The van der Waals surface area contributed by atoms with Crippen molar-refractivity contribution in [1.29, 1.82) is 0 Å². The van der Waals surface area contributed by atoms with Gasteiger partial charge in [0.25, 0.3) is 11.1 Å². The highest BCUT2D eigenvalue weighted by Gasteiger charge is 2.36. The van der Waals surface area contributed by atoms with E-state index in [9.17, 15) is 19.2 Å². The van der Waals surface area contributed by atoms with Gasteiger partial charge in [0.15, 0.2) is 0 Å². The van der Waals surface area contributed by atoms with Gasteiger partial charge in [0, 0.05) is 22.3 Å². The lowest BCUT2D eigenvalue weighted by molar-refractivity contribution is -0.127. The molecule has 1 aliphatic rings. The minimum Gasteiger partial charge on any atom is -0.462 e. The van der Waals surface area contributed by atoms with Crippen molar-refractivity contribution in [2.24, 2.45) is 0 Å². The highest BCUT2D eigenvalue weighted by atomic mass is 35.5. The second-order valence-corrected chi connectivity index (χ2v) is 10.2. The molecule has 2 heterocycles. The molecule has 0 saturated carbocycles. The van der Waals surface area contributed by atoms with Gasteiger partial charge in [0.05, 0.1) is 27.1 Å². The van der Waals surface area contributed by atoms with Crippen LogP contribution in [0, 0.1) is 0 Å². The second kappa shape index (κ2) is 12.1. The Balaban J connectivity index is 1.43. The Bertz CT molecular complexity index is 1470. The van der Waals surface area contributed by atoms with Crippen LogP contribution in [0.3, 0.4) is 0 Å². The zero-order valence-electron chi connectivity index (χ0n) is 19.8. The summed E-state index contributed by atoms with van der Waals surface area (Å²) in [6.45, 7) is 1.56. The van der Waals surface area contributed by atoms with E-state index in [1.54, 1.807) is 30.3 Å². The Morgan fingerprint density at radius 2 is 1.82 bits per heavy atom. The molecule has 196 valence electrons. The van der Waals surface area contributed by atoms with Crippen LogP contribution in [0.25, 0.3) is 17.4 Å². The molecule has 0 unspecified atom stereocenters. The summed E-state index contributed by atoms with van der Waals surface area (Å²) in [6.07, 6.45) is 2.06. The number of carbonyl (C=O) groups excluding carboxylic acids is 4. The number of ether oxygens (including phenoxy) is 1. The zero-order chi connectivity index (χ0) is 27.4. The molecule has 1 fully saturated rings. The summed E-state index contributed by atoms with van der Waals surface area (Å²) in [5.74, 6) is -1.16. The van der Waals surface area contributed by atoms with E-state index in [-0.39, 0.29) is 27.8 Å². The average molecular weight is 594 g/mol. The van der Waals surface area contributed by atoms with E-state index < -0.39 is 29.6 Å². The third-order valence-corrected chi connectivity index (χ3v) is 6.98. The number of amides is 3. The number of nitrogens with one attached hydrogen (secondary N) is 1. The Morgan fingerprint density at radius 3 is 2.58 bits per heavy atom. The molecule has 0 atom stereocenters. The van der Waals surface area contributed by atoms with E-state index in [1.165, 1.54) is 24.3 Å². The first kappa shape index (κ1) is 27.8. The van der Waals surface area contributed by atoms with Crippen molar-refractivity contribution >= 4 is 81.4 Å². The first-order valence-electron chi connectivity index (χ1n) is 11.2. The summed E-state index contributed by atoms with van der Waals surface area (Å²) >= 11 is 19.0. The lowest BCUT2D eigenvalue weighted by atomic mass is 10.2. The monoisotopic (exact) mass is 592 g/mol. The van der Waals surface area contributed by atoms with Crippen LogP contribution in [0.4, 0.5) is 10.5 Å². The number of furan rings is 1. The standard InChI is InChI=1S/C26H19Cl3N2O6S/c1-2-9-36-25(34)18-11-15(4-7-20(18)29)30-23(32)13-31-24(33)22(38-26(31)35)12-16-5-8-21(37-16)17-10-14(27)3-6-19(17)28/h3-8,10-12H,2,9,13H2,1H3,(H,30,32)/b22-12+. The summed E-state index contributed by atoms with van der Waals surface area (Å²) in [7, 11) is 0. The minimum absolute atomic E-state index is 0.0869. The Hall–Kier alpha value is -3.24. The van der Waals surface area contributed by atoms with E-state index in [1.807, 2.05) is 6.92 Å². The molecule has 0 spiro atoms. The van der Waals surface area contributed by atoms with Gasteiger partial charge in [0.2, 0.25) is 5.91 Å². The second-order valence-electron chi connectivity index (χ2n) is 7.97. The molecular weight excluding hydrogens is 575 g/mol. The highest BCUT2D eigenvalue weighted by Crippen LogP contribution is 2.35. The van der Waals surface area contributed by atoms with Crippen LogP contribution >= 0.6 is 46.6 Å². The molecule has 4 rings (SSSR count). The topological polar surface area (TPSA) is 106 Å². The predicted molar refractivity (Wildman–Crippen MR) is 147 cm³/mol. The fourth-order valence-corrected chi connectivity index (χ4v) is 4.80. The van der Waals surface area contributed by atoms with Gasteiger partial charge in [-0.2, -0.15) is 0 Å². The number of hydrogen-bond donors (Lipinski definition) is 1. The van der Waals surface area contributed by atoms with Gasteiger partial charge >= 0.3 is 5.97 Å². The van der Waals surface area contributed by atoms with Gasteiger partial charge in [0.1, 0.15) is 18.1 Å². The largest absolute Gasteiger partial charge is 0.462 e. The summed E-state index contributed by atoms with van der Waals surface area (Å²) < 4.78 is 10.9. The molecular formula is C26H19Cl3N2O6S. The molecule has 2 aromatic carbocycles. The number of benzene rings is 2. The Morgan fingerprint density at radius 1 is 1.05 bits per heavy atom. The molecule has 38 heavy (non-hydrogen) atoms. The maximum atomic E-state index is 12.8. The van der Waals surface area contributed by atoms with Gasteiger partial charge in [-0.05, 0) is 66.7 Å². The lowest BCUT2D eigenvalue weighted by Gasteiger charge is -2.13. The maximum absolute atomic E-state index is 12.8. The molecule has 1 aliphatic heterocycles. The lowest BCUT2D eigenvalue weighted by Crippen LogP contribution is -2.36. The van der Waals surface area contributed by atoms with Crippen LogP contribution < -0.4 is 5.32 Å². The van der Waals surface area contributed by atoms with Crippen LogP contribution in [-0.4, -0.2) is 41.1 Å². The van der Waals surface area contributed by atoms with E-state index in [2.05, 4.69) is 5.32 Å². The van der Waals surface area contributed by atoms with Gasteiger partial charge in [-0.15, -0.1) is 0 Å². The number of esters is 1. The molecule has 0 radical (unpaired) electrons. The Labute approximate surface area is 236 Å². The fourth-order valence-electron chi connectivity index (χ4n) is 3.40. The van der Waals surface area contributed by atoms with Gasteiger partial charge in [-0.25, -0.2) is 4.79 Å². The summed E-state index contributed by atoms with van der Waals surface area (Å²) in [6, 6.07) is 12.5. The highest BCUT2D eigenvalue weighted by molar-refractivity contribution is 8.18. The van der Waals surface area contributed by atoms with Gasteiger partial charge < -0.3 is 14.5 Å². The first-order chi connectivity index (χ1) is 18.2. The first-order valence-corrected chi connectivity index (χ1v) is 13.2. The fraction of sp³-hybridized carbons (Fsp3) is 0.154. The van der Waals surface area contributed by atoms with E-state index in [0.29, 0.717) is 45.3 Å². The third-order valence-electron chi connectivity index (χ3n) is 5.18. The number of carbonyl (C=O) groups is 4. The molecule has 1 saturated heterocycles. The average Bonchev–Trinajstić information content (AvgIpc) is 3.45. The SMILES string of the molecule is CCCOC(=O)c1cc(NC(=O)CN2C(=O)S/C(=C/c3ccc(-c4cc(Cl)ccc4Cl)o3)C2=O)ccc1Cl. The zero-order valence-corrected chi connectivity index (χ0v) is 22.8. The molecule has 0 aliphatic carbocycles. The van der Waals surface area contributed by atoms with Gasteiger partial charge in [-0.3, -0.25) is 19.3 Å². The van der Waals surface area contributed by atoms with Crippen molar-refractivity contribution < 1.29 is 28.3 Å². The Kier molecular flexibility index (Phi) is 8.83. The van der Waals surface area contributed by atoms with E-state index in [4.69, 9.17) is 44.0 Å². The summed E-state index contributed by atoms with van der Waals surface area (Å²) in [5, 5.41) is 3.03. The molecule has 3 amide bonds. The number of rotatable bonds is 8. The van der Waals surface area contributed by atoms with Gasteiger partial charge in [-0.1, -0.05) is 41.7 Å². The number of nitrogens with zero attached hydrogens (tertiary/aromatic N) is 1.